The first-order valence-corrected chi connectivity index (χ1v) is 10.3. The summed E-state index contributed by atoms with van der Waals surface area (Å²) in [4.78, 5) is 35.9. The summed E-state index contributed by atoms with van der Waals surface area (Å²) >= 11 is 3.33. The number of anilines is 2. The first kappa shape index (κ1) is 21.5. The Morgan fingerprint density at radius 1 is 0.800 bits per heavy atom. The topological polar surface area (TPSA) is 84.5 Å². The molecule has 3 aromatic rings. The Bertz CT molecular complexity index is 1050. The number of fused-ring (bicyclic) bond motifs is 1. The van der Waals surface area contributed by atoms with Crippen LogP contribution in [0.1, 0.15) is 19.3 Å². The summed E-state index contributed by atoms with van der Waals surface area (Å²) in [5.74, 6) is -1.11. The summed E-state index contributed by atoms with van der Waals surface area (Å²) in [6, 6.07) is 20.5. The van der Waals surface area contributed by atoms with Crippen LogP contribution >= 0.6 is 15.9 Å². The molecule has 0 aliphatic rings. The molecule has 0 saturated carbocycles. The summed E-state index contributed by atoms with van der Waals surface area (Å²) in [7, 11) is 0. The highest BCUT2D eigenvalue weighted by molar-refractivity contribution is 9.10. The van der Waals surface area contributed by atoms with E-state index in [1.165, 1.54) is 0 Å². The van der Waals surface area contributed by atoms with Gasteiger partial charge in [-0.3, -0.25) is 14.4 Å². The van der Waals surface area contributed by atoms with Crippen molar-refractivity contribution in [2.45, 2.75) is 19.3 Å². The van der Waals surface area contributed by atoms with Gasteiger partial charge in [0.15, 0.2) is 6.61 Å². The Labute approximate surface area is 182 Å². The number of hydrogen-bond donors (Lipinski definition) is 2. The van der Waals surface area contributed by atoms with E-state index < -0.39 is 11.9 Å². The lowest BCUT2D eigenvalue weighted by molar-refractivity contribution is -0.147. The van der Waals surface area contributed by atoms with Crippen molar-refractivity contribution in [3.63, 3.8) is 0 Å². The minimum Gasteiger partial charge on any atom is -0.456 e. The second-order valence-corrected chi connectivity index (χ2v) is 7.56. The number of benzene rings is 3. The van der Waals surface area contributed by atoms with E-state index in [0.29, 0.717) is 17.8 Å². The quantitative estimate of drug-likeness (QED) is 0.460. The SMILES string of the molecule is O=C(CCCC(=O)OCC(=O)Nc1cccc2ccccc12)Nc1ccc(Br)cc1. The third kappa shape index (κ3) is 6.42. The van der Waals surface area contributed by atoms with Crippen LogP contribution < -0.4 is 10.6 Å². The van der Waals surface area contributed by atoms with Gasteiger partial charge in [-0.15, -0.1) is 0 Å². The van der Waals surface area contributed by atoms with Crippen molar-refractivity contribution in [2.24, 2.45) is 0 Å². The summed E-state index contributed by atoms with van der Waals surface area (Å²) in [6.45, 7) is -0.368. The van der Waals surface area contributed by atoms with Gasteiger partial charge in [-0.05, 0) is 42.1 Å². The van der Waals surface area contributed by atoms with Crippen molar-refractivity contribution in [2.75, 3.05) is 17.2 Å². The lowest BCUT2D eigenvalue weighted by Crippen LogP contribution is -2.21. The molecule has 3 aromatic carbocycles. The highest BCUT2D eigenvalue weighted by Crippen LogP contribution is 2.22. The van der Waals surface area contributed by atoms with E-state index in [4.69, 9.17) is 4.74 Å². The minimum absolute atomic E-state index is 0.0648. The first-order valence-electron chi connectivity index (χ1n) is 9.50. The molecule has 154 valence electrons. The minimum atomic E-state index is -0.514. The van der Waals surface area contributed by atoms with Crippen LogP contribution in [-0.2, 0) is 19.1 Å². The fourth-order valence-corrected chi connectivity index (χ4v) is 3.15. The van der Waals surface area contributed by atoms with Crippen molar-refractivity contribution in [1.82, 2.24) is 0 Å². The van der Waals surface area contributed by atoms with Gasteiger partial charge in [-0.2, -0.15) is 0 Å². The Balaban J connectivity index is 1.37. The smallest absolute Gasteiger partial charge is 0.306 e. The Morgan fingerprint density at radius 2 is 1.53 bits per heavy atom. The standard InChI is InChI=1S/C23H21BrN2O4/c24-17-11-13-18(14-12-17)25-21(27)9-4-10-23(29)30-15-22(28)26-20-8-3-6-16-5-1-2-7-19(16)20/h1-3,5-8,11-14H,4,9-10,15H2,(H,25,27)(H,26,28). The van der Waals surface area contributed by atoms with Crippen LogP contribution in [0.25, 0.3) is 10.8 Å². The van der Waals surface area contributed by atoms with Crippen LogP contribution in [0, 0.1) is 0 Å². The van der Waals surface area contributed by atoms with Gasteiger partial charge in [0.05, 0.1) is 0 Å². The molecule has 0 spiro atoms. The molecule has 0 aliphatic carbocycles. The number of ether oxygens (including phenoxy) is 1. The number of hydrogen-bond acceptors (Lipinski definition) is 4. The molecule has 2 N–H and O–H groups in total. The zero-order valence-corrected chi connectivity index (χ0v) is 17.8. The van der Waals surface area contributed by atoms with Crippen LogP contribution in [-0.4, -0.2) is 24.4 Å². The number of halogens is 1. The van der Waals surface area contributed by atoms with Gasteiger partial charge < -0.3 is 15.4 Å². The van der Waals surface area contributed by atoms with Gasteiger partial charge in [-0.25, -0.2) is 0 Å². The van der Waals surface area contributed by atoms with Gasteiger partial charge in [0.1, 0.15) is 0 Å². The number of esters is 1. The Hall–Kier alpha value is -3.19. The zero-order chi connectivity index (χ0) is 21.3. The number of nitrogens with one attached hydrogen (secondary N) is 2. The third-order valence-electron chi connectivity index (χ3n) is 4.34. The van der Waals surface area contributed by atoms with Crippen LogP contribution in [0.15, 0.2) is 71.2 Å². The molecule has 0 aromatic heterocycles. The number of rotatable bonds is 8. The molecule has 7 heteroatoms. The molecule has 0 aliphatic heterocycles. The van der Waals surface area contributed by atoms with Crippen molar-refractivity contribution in [1.29, 1.82) is 0 Å². The Morgan fingerprint density at radius 3 is 2.33 bits per heavy atom. The molecule has 0 unspecified atom stereocenters. The van der Waals surface area contributed by atoms with Crippen molar-refractivity contribution in [3.05, 3.63) is 71.2 Å². The summed E-state index contributed by atoms with van der Waals surface area (Å²) < 4.78 is 5.94. The van der Waals surface area contributed by atoms with Crippen LogP contribution in [0.2, 0.25) is 0 Å². The molecule has 3 rings (SSSR count). The molecule has 0 heterocycles. The van der Waals surface area contributed by atoms with Crippen molar-refractivity contribution >= 4 is 55.9 Å². The van der Waals surface area contributed by atoms with E-state index in [-0.39, 0.29) is 25.4 Å². The summed E-state index contributed by atoms with van der Waals surface area (Å²) in [6.07, 6.45) is 0.592. The fraction of sp³-hybridized carbons (Fsp3) is 0.174. The molecule has 0 atom stereocenters. The maximum atomic E-state index is 12.1. The van der Waals surface area contributed by atoms with E-state index in [9.17, 15) is 14.4 Å². The Kier molecular flexibility index (Phi) is 7.57. The maximum absolute atomic E-state index is 12.1. The van der Waals surface area contributed by atoms with Crippen LogP contribution in [0.4, 0.5) is 11.4 Å². The van der Waals surface area contributed by atoms with Crippen molar-refractivity contribution in [3.8, 4) is 0 Å². The van der Waals surface area contributed by atoms with Crippen LogP contribution in [0.5, 0.6) is 0 Å². The lowest BCUT2D eigenvalue weighted by Gasteiger charge is -2.09. The van der Waals surface area contributed by atoms with Gasteiger partial charge in [0.2, 0.25) is 5.91 Å². The number of amides is 2. The zero-order valence-electron chi connectivity index (χ0n) is 16.2. The predicted octanol–water partition coefficient (Wildman–Crippen LogP) is 4.89. The van der Waals surface area contributed by atoms with Gasteiger partial charge in [-0.1, -0.05) is 52.3 Å². The largest absolute Gasteiger partial charge is 0.456 e. The third-order valence-corrected chi connectivity index (χ3v) is 4.87. The molecule has 2 amide bonds. The van der Waals surface area contributed by atoms with Crippen molar-refractivity contribution < 1.29 is 19.1 Å². The molecule has 0 saturated heterocycles. The summed E-state index contributed by atoms with van der Waals surface area (Å²) in [5.41, 5.74) is 1.36. The average molecular weight is 469 g/mol. The molecule has 0 bridgehead atoms. The van der Waals surface area contributed by atoms with E-state index in [2.05, 4.69) is 26.6 Å². The van der Waals surface area contributed by atoms with E-state index in [1.54, 1.807) is 18.2 Å². The monoisotopic (exact) mass is 468 g/mol. The highest BCUT2D eigenvalue weighted by Gasteiger charge is 2.11. The molecular formula is C23H21BrN2O4. The maximum Gasteiger partial charge on any atom is 0.306 e. The van der Waals surface area contributed by atoms with Gasteiger partial charge in [0, 0.05) is 34.1 Å². The number of carbonyl (C=O) groups is 3. The first-order chi connectivity index (χ1) is 14.5. The second-order valence-electron chi connectivity index (χ2n) is 6.64. The lowest BCUT2D eigenvalue weighted by atomic mass is 10.1. The molecule has 0 fully saturated rings. The van der Waals surface area contributed by atoms with Gasteiger partial charge >= 0.3 is 5.97 Å². The van der Waals surface area contributed by atoms with Crippen LogP contribution in [0.3, 0.4) is 0 Å². The normalized spacial score (nSPS) is 10.4. The fourth-order valence-electron chi connectivity index (χ4n) is 2.89. The van der Waals surface area contributed by atoms with Gasteiger partial charge in [0.25, 0.3) is 5.91 Å². The highest BCUT2D eigenvalue weighted by atomic mass is 79.9. The van der Waals surface area contributed by atoms with E-state index >= 15 is 0 Å². The second kappa shape index (κ2) is 10.5. The average Bonchev–Trinajstić information content (AvgIpc) is 2.74. The molecule has 30 heavy (non-hydrogen) atoms. The predicted molar refractivity (Wildman–Crippen MR) is 120 cm³/mol. The molecule has 6 nitrogen and oxygen atoms in total. The molecular weight excluding hydrogens is 448 g/mol. The van der Waals surface area contributed by atoms with E-state index in [0.717, 1.165) is 15.2 Å². The van der Waals surface area contributed by atoms with E-state index in [1.807, 2.05) is 48.5 Å². The number of carbonyl (C=O) groups excluding carboxylic acids is 3. The summed E-state index contributed by atoms with van der Waals surface area (Å²) in [5, 5.41) is 7.44. The molecule has 0 radical (unpaired) electrons.